The number of nitrogens with one attached hydrogen (secondary N) is 1. The van der Waals surface area contributed by atoms with Gasteiger partial charge in [0.15, 0.2) is 0 Å². The van der Waals surface area contributed by atoms with Gasteiger partial charge in [-0.3, -0.25) is 0 Å². The van der Waals surface area contributed by atoms with Crippen LogP contribution < -0.4 is 5.32 Å². The predicted molar refractivity (Wildman–Crippen MR) is 49.8 cm³/mol. The Labute approximate surface area is 90.6 Å². The van der Waals surface area contributed by atoms with Gasteiger partial charge in [0.1, 0.15) is 9.84 Å². The van der Waals surface area contributed by atoms with E-state index in [1.807, 2.05) is 0 Å². The molecule has 1 aliphatic heterocycles. The van der Waals surface area contributed by atoms with E-state index in [-0.39, 0.29) is 6.04 Å². The highest BCUT2D eigenvalue weighted by Gasteiger charge is 2.38. The third-order valence-corrected chi connectivity index (χ3v) is 2.68. The van der Waals surface area contributed by atoms with Crippen LogP contribution in [-0.2, 0) is 14.6 Å². The van der Waals surface area contributed by atoms with Gasteiger partial charge in [-0.05, 0) is 13.0 Å². The largest absolute Gasteiger partial charge is 0.490 e. The molecule has 16 heavy (non-hydrogen) atoms. The zero-order valence-electron chi connectivity index (χ0n) is 8.41. The molecule has 0 aromatic carbocycles. The second-order valence-electron chi connectivity index (χ2n) is 3.34. The standard InChI is InChI=1S/C5H11NO2S.C2HF3O2/c1-9(7,8)4-5-2-3-6-5;3-2(4,5)1(6)7/h5-6H,2-4H2,1H3;(H,6,7)/t5-;/m0./s1. The number of halogens is 3. The van der Waals surface area contributed by atoms with Crippen LogP contribution in [0.5, 0.6) is 0 Å². The number of carboxylic acid groups (broad SMARTS) is 1. The molecule has 5 nitrogen and oxygen atoms in total. The lowest BCUT2D eigenvalue weighted by Gasteiger charge is -2.26. The van der Waals surface area contributed by atoms with Crippen molar-refractivity contribution in [2.24, 2.45) is 0 Å². The van der Waals surface area contributed by atoms with Crippen molar-refractivity contribution in [3.05, 3.63) is 0 Å². The van der Waals surface area contributed by atoms with E-state index in [4.69, 9.17) is 9.90 Å². The number of rotatable bonds is 2. The molecule has 0 aliphatic carbocycles. The van der Waals surface area contributed by atoms with Gasteiger partial charge in [-0.2, -0.15) is 13.2 Å². The van der Waals surface area contributed by atoms with Crippen LogP contribution in [0.2, 0.25) is 0 Å². The molecule has 0 aromatic rings. The van der Waals surface area contributed by atoms with Crippen molar-refractivity contribution in [1.29, 1.82) is 0 Å². The molecule has 0 spiro atoms. The van der Waals surface area contributed by atoms with Crippen LogP contribution in [0.3, 0.4) is 0 Å². The monoisotopic (exact) mass is 263 g/mol. The smallest absolute Gasteiger partial charge is 0.475 e. The Balaban J connectivity index is 0.000000293. The molecule has 9 heteroatoms. The molecule has 0 unspecified atom stereocenters. The molecular weight excluding hydrogens is 251 g/mol. The normalized spacial score (nSPS) is 20.4. The lowest BCUT2D eigenvalue weighted by molar-refractivity contribution is -0.192. The van der Waals surface area contributed by atoms with Gasteiger partial charge in [0, 0.05) is 12.3 Å². The Morgan fingerprint density at radius 3 is 1.94 bits per heavy atom. The van der Waals surface area contributed by atoms with Crippen LogP contribution in [-0.4, -0.2) is 50.3 Å². The number of aliphatic carboxylic acids is 1. The number of sulfone groups is 1. The minimum atomic E-state index is -5.08. The summed E-state index contributed by atoms with van der Waals surface area (Å²) in [6, 6.07) is 0.236. The summed E-state index contributed by atoms with van der Waals surface area (Å²) in [4.78, 5) is 8.90. The Morgan fingerprint density at radius 1 is 1.50 bits per heavy atom. The maximum absolute atomic E-state index is 10.6. The fourth-order valence-corrected chi connectivity index (χ4v) is 1.87. The van der Waals surface area contributed by atoms with Crippen molar-refractivity contribution in [1.82, 2.24) is 5.32 Å². The van der Waals surface area contributed by atoms with Gasteiger partial charge < -0.3 is 10.4 Å². The van der Waals surface area contributed by atoms with Gasteiger partial charge in [0.05, 0.1) is 5.75 Å². The molecule has 0 radical (unpaired) electrons. The van der Waals surface area contributed by atoms with E-state index in [0.29, 0.717) is 5.75 Å². The summed E-state index contributed by atoms with van der Waals surface area (Å²) in [5, 5.41) is 10.1. The van der Waals surface area contributed by atoms with Crippen molar-refractivity contribution in [2.75, 3.05) is 18.6 Å². The van der Waals surface area contributed by atoms with Gasteiger partial charge in [-0.15, -0.1) is 0 Å². The number of carboxylic acids is 1. The molecule has 1 saturated heterocycles. The Kier molecular flexibility index (Phi) is 5.20. The molecule has 1 rings (SSSR count). The van der Waals surface area contributed by atoms with E-state index >= 15 is 0 Å². The molecule has 0 bridgehead atoms. The van der Waals surface area contributed by atoms with Crippen molar-refractivity contribution in [3.8, 4) is 0 Å². The van der Waals surface area contributed by atoms with E-state index in [9.17, 15) is 21.6 Å². The first-order valence-corrected chi connectivity index (χ1v) is 6.29. The highest BCUT2D eigenvalue weighted by molar-refractivity contribution is 7.90. The molecule has 0 aromatic heterocycles. The SMILES string of the molecule is CS(=O)(=O)C[C@@H]1CCN1.O=C(O)C(F)(F)F. The molecule has 1 aliphatic rings. The van der Waals surface area contributed by atoms with Gasteiger partial charge in [0.25, 0.3) is 0 Å². The van der Waals surface area contributed by atoms with E-state index < -0.39 is 22.0 Å². The van der Waals surface area contributed by atoms with Gasteiger partial charge in [-0.25, -0.2) is 13.2 Å². The summed E-state index contributed by atoms with van der Waals surface area (Å²) < 4.78 is 52.9. The van der Waals surface area contributed by atoms with Crippen molar-refractivity contribution in [2.45, 2.75) is 18.6 Å². The van der Waals surface area contributed by atoms with E-state index in [1.54, 1.807) is 0 Å². The summed E-state index contributed by atoms with van der Waals surface area (Å²) >= 11 is 0. The average Bonchev–Trinajstić information content (AvgIpc) is 1.95. The lowest BCUT2D eigenvalue weighted by atomic mass is 10.1. The molecule has 0 amide bonds. The first-order chi connectivity index (χ1) is 7.02. The average molecular weight is 263 g/mol. The van der Waals surface area contributed by atoms with Crippen LogP contribution in [0.1, 0.15) is 6.42 Å². The number of hydrogen-bond acceptors (Lipinski definition) is 4. The maximum atomic E-state index is 10.6. The fourth-order valence-electron chi connectivity index (χ4n) is 0.856. The first kappa shape index (κ1) is 15.2. The quantitative estimate of drug-likeness (QED) is 0.734. The van der Waals surface area contributed by atoms with E-state index in [0.717, 1.165) is 13.0 Å². The predicted octanol–water partition coefficient (Wildman–Crippen LogP) is 0.0262. The second-order valence-corrected chi connectivity index (χ2v) is 5.52. The van der Waals surface area contributed by atoms with E-state index in [1.165, 1.54) is 6.26 Å². The van der Waals surface area contributed by atoms with E-state index in [2.05, 4.69) is 5.32 Å². The minimum absolute atomic E-state index is 0.236. The minimum Gasteiger partial charge on any atom is -0.475 e. The Morgan fingerprint density at radius 2 is 1.88 bits per heavy atom. The zero-order chi connectivity index (χ0) is 13.0. The van der Waals surface area contributed by atoms with Gasteiger partial charge in [-0.1, -0.05) is 0 Å². The maximum Gasteiger partial charge on any atom is 0.490 e. The van der Waals surface area contributed by atoms with Crippen molar-refractivity contribution in [3.63, 3.8) is 0 Å². The summed E-state index contributed by atoms with van der Waals surface area (Å²) in [5.74, 6) is -2.46. The third-order valence-electron chi connectivity index (χ3n) is 1.67. The van der Waals surface area contributed by atoms with Crippen LogP contribution in [0.15, 0.2) is 0 Å². The highest BCUT2D eigenvalue weighted by atomic mass is 32.2. The molecule has 1 fully saturated rings. The van der Waals surface area contributed by atoms with Crippen LogP contribution >= 0.6 is 0 Å². The third kappa shape index (κ3) is 7.46. The second kappa shape index (κ2) is 5.48. The molecule has 96 valence electrons. The fraction of sp³-hybridized carbons (Fsp3) is 0.857. The molecule has 0 saturated carbocycles. The van der Waals surface area contributed by atoms with Crippen molar-refractivity contribution >= 4 is 15.8 Å². The topological polar surface area (TPSA) is 83.5 Å². The molecule has 1 heterocycles. The summed E-state index contributed by atoms with van der Waals surface area (Å²) in [7, 11) is -2.75. The highest BCUT2D eigenvalue weighted by Crippen LogP contribution is 2.13. The van der Waals surface area contributed by atoms with Gasteiger partial charge >= 0.3 is 12.1 Å². The molecular formula is C7H12F3NO4S. The van der Waals surface area contributed by atoms with Crippen LogP contribution in [0.25, 0.3) is 0 Å². The van der Waals surface area contributed by atoms with Gasteiger partial charge in [0.2, 0.25) is 0 Å². The number of alkyl halides is 3. The summed E-state index contributed by atoms with van der Waals surface area (Å²) in [6.45, 7) is 0.972. The van der Waals surface area contributed by atoms with Crippen LogP contribution in [0.4, 0.5) is 13.2 Å². The van der Waals surface area contributed by atoms with Crippen molar-refractivity contribution < 1.29 is 31.5 Å². The molecule has 1 atom stereocenters. The Hall–Kier alpha value is -0.830. The summed E-state index contributed by atoms with van der Waals surface area (Å²) in [6.07, 6.45) is -2.81. The lowest BCUT2D eigenvalue weighted by Crippen LogP contribution is -2.47. The first-order valence-electron chi connectivity index (χ1n) is 4.23. The van der Waals surface area contributed by atoms with Crippen LogP contribution in [0, 0.1) is 0 Å². The summed E-state index contributed by atoms with van der Waals surface area (Å²) in [5.41, 5.74) is 0. The Bertz CT molecular complexity index is 334. The molecule has 2 N–H and O–H groups in total. The zero-order valence-corrected chi connectivity index (χ0v) is 9.23. The number of carbonyl (C=O) groups is 1. The number of hydrogen-bond donors (Lipinski definition) is 2.